The minimum absolute atomic E-state index is 0.0163. The summed E-state index contributed by atoms with van der Waals surface area (Å²) in [6.45, 7) is 5.01. The summed E-state index contributed by atoms with van der Waals surface area (Å²) in [5.74, 6) is -0.504. The third kappa shape index (κ3) is 3.22. The number of benzene rings is 4. The maximum absolute atomic E-state index is 12.2. The molecule has 0 saturated carbocycles. The van der Waals surface area contributed by atoms with Gasteiger partial charge < -0.3 is 9.47 Å². The molecular formula is C23H19NO4. The average Bonchev–Trinajstić information content (AvgIpc) is 2.70. The molecule has 0 fully saturated rings. The molecule has 0 aliphatic carbocycles. The van der Waals surface area contributed by atoms with Crippen LogP contribution in [0.25, 0.3) is 32.3 Å². The number of amides is 1. The van der Waals surface area contributed by atoms with Gasteiger partial charge in [-0.25, -0.2) is 9.59 Å². The summed E-state index contributed by atoms with van der Waals surface area (Å²) in [4.78, 5) is 23.5. The van der Waals surface area contributed by atoms with Crippen molar-refractivity contribution < 1.29 is 19.1 Å². The minimum Gasteiger partial charge on any atom is -0.459 e. The Hall–Kier alpha value is -3.60. The van der Waals surface area contributed by atoms with Gasteiger partial charge in [0.2, 0.25) is 0 Å². The SMILES string of the molecule is C=C(C)C(=O)OCCOC(=O)Nc1ccc2ccc3cccc4ccc1c2c34. The molecule has 28 heavy (non-hydrogen) atoms. The summed E-state index contributed by atoms with van der Waals surface area (Å²) < 4.78 is 10.0. The molecule has 0 spiro atoms. The van der Waals surface area contributed by atoms with Crippen LogP contribution in [0.3, 0.4) is 0 Å². The van der Waals surface area contributed by atoms with Crippen molar-refractivity contribution in [2.24, 2.45) is 0 Å². The molecule has 0 bridgehead atoms. The lowest BCUT2D eigenvalue weighted by Crippen LogP contribution is -2.18. The number of nitrogens with one attached hydrogen (secondary N) is 1. The summed E-state index contributed by atoms with van der Waals surface area (Å²) >= 11 is 0. The molecule has 5 heteroatoms. The van der Waals surface area contributed by atoms with Crippen LogP contribution in [0.2, 0.25) is 0 Å². The average molecular weight is 373 g/mol. The molecule has 0 saturated heterocycles. The molecule has 0 aromatic heterocycles. The molecule has 140 valence electrons. The maximum Gasteiger partial charge on any atom is 0.411 e. The molecule has 0 heterocycles. The molecule has 0 radical (unpaired) electrons. The summed E-state index contributed by atoms with van der Waals surface area (Å²) in [6.07, 6.45) is -0.596. The molecule has 0 atom stereocenters. The van der Waals surface area contributed by atoms with Crippen LogP contribution in [-0.4, -0.2) is 25.3 Å². The van der Waals surface area contributed by atoms with Crippen molar-refractivity contribution in [3.05, 3.63) is 66.7 Å². The van der Waals surface area contributed by atoms with Crippen molar-refractivity contribution >= 4 is 50.1 Å². The lowest BCUT2D eigenvalue weighted by atomic mass is 9.93. The van der Waals surface area contributed by atoms with Gasteiger partial charge in [-0.05, 0) is 39.9 Å². The van der Waals surface area contributed by atoms with Crippen LogP contribution in [0, 0.1) is 0 Å². The highest BCUT2D eigenvalue weighted by molar-refractivity contribution is 6.25. The van der Waals surface area contributed by atoms with Crippen LogP contribution in [0.5, 0.6) is 0 Å². The molecule has 5 nitrogen and oxygen atoms in total. The van der Waals surface area contributed by atoms with Gasteiger partial charge in [0.05, 0.1) is 5.69 Å². The van der Waals surface area contributed by atoms with E-state index < -0.39 is 12.1 Å². The molecule has 4 rings (SSSR count). The number of esters is 1. The number of carbonyl (C=O) groups excluding carboxylic acids is 2. The van der Waals surface area contributed by atoms with E-state index in [1.54, 1.807) is 6.92 Å². The first-order chi connectivity index (χ1) is 13.5. The quantitative estimate of drug-likeness (QED) is 0.225. The van der Waals surface area contributed by atoms with Gasteiger partial charge in [-0.15, -0.1) is 0 Å². The Morgan fingerprint density at radius 1 is 0.857 bits per heavy atom. The number of anilines is 1. The van der Waals surface area contributed by atoms with Crippen LogP contribution in [0.15, 0.2) is 66.7 Å². The van der Waals surface area contributed by atoms with E-state index in [9.17, 15) is 9.59 Å². The van der Waals surface area contributed by atoms with E-state index in [2.05, 4.69) is 42.2 Å². The summed E-state index contributed by atoms with van der Waals surface area (Å²) in [6, 6.07) is 18.3. The highest BCUT2D eigenvalue weighted by Gasteiger charge is 2.13. The van der Waals surface area contributed by atoms with Gasteiger partial charge in [0, 0.05) is 11.0 Å². The molecular weight excluding hydrogens is 354 g/mol. The van der Waals surface area contributed by atoms with Gasteiger partial charge in [0.1, 0.15) is 13.2 Å². The fourth-order valence-electron chi connectivity index (χ4n) is 3.38. The fraction of sp³-hybridized carbons (Fsp3) is 0.130. The third-order valence-electron chi connectivity index (χ3n) is 4.66. The summed E-state index contributed by atoms with van der Waals surface area (Å²) in [7, 11) is 0. The molecule has 0 aliphatic heterocycles. The van der Waals surface area contributed by atoms with Gasteiger partial charge in [0.25, 0.3) is 0 Å². The minimum atomic E-state index is -0.596. The van der Waals surface area contributed by atoms with E-state index in [1.807, 2.05) is 24.3 Å². The number of ether oxygens (including phenoxy) is 2. The lowest BCUT2D eigenvalue weighted by molar-refractivity contribution is -0.139. The van der Waals surface area contributed by atoms with E-state index in [4.69, 9.17) is 9.47 Å². The largest absolute Gasteiger partial charge is 0.459 e. The van der Waals surface area contributed by atoms with Gasteiger partial charge in [-0.2, -0.15) is 0 Å². The highest BCUT2D eigenvalue weighted by Crippen LogP contribution is 2.37. The van der Waals surface area contributed by atoms with Gasteiger partial charge in [-0.3, -0.25) is 5.32 Å². The Balaban J connectivity index is 1.55. The lowest BCUT2D eigenvalue weighted by Gasteiger charge is -2.14. The second-order valence-electron chi connectivity index (χ2n) is 6.65. The topological polar surface area (TPSA) is 64.6 Å². The highest BCUT2D eigenvalue weighted by atomic mass is 16.6. The van der Waals surface area contributed by atoms with Crippen molar-refractivity contribution in [1.82, 2.24) is 0 Å². The summed E-state index contributed by atoms with van der Waals surface area (Å²) in [5, 5.41) is 9.47. The molecule has 0 aliphatic rings. The Bertz CT molecular complexity index is 1200. The zero-order valence-corrected chi connectivity index (χ0v) is 15.5. The smallest absolute Gasteiger partial charge is 0.411 e. The molecule has 4 aromatic carbocycles. The second kappa shape index (κ2) is 7.19. The van der Waals surface area contributed by atoms with E-state index in [0.717, 1.165) is 26.9 Å². The van der Waals surface area contributed by atoms with Crippen molar-refractivity contribution in [3.63, 3.8) is 0 Å². The standard InChI is InChI=1S/C23H19NO4/c1-14(2)22(25)27-12-13-28-23(26)24-19-11-9-17-7-6-15-4-3-5-16-8-10-18(19)21(17)20(15)16/h3-11H,1,12-13H2,2H3,(H,24,26). The van der Waals surface area contributed by atoms with E-state index in [0.29, 0.717) is 11.3 Å². The van der Waals surface area contributed by atoms with Crippen molar-refractivity contribution in [2.75, 3.05) is 18.5 Å². The van der Waals surface area contributed by atoms with Crippen molar-refractivity contribution in [2.45, 2.75) is 6.92 Å². The zero-order chi connectivity index (χ0) is 19.7. The van der Waals surface area contributed by atoms with Crippen LogP contribution in [-0.2, 0) is 14.3 Å². The predicted molar refractivity (Wildman–Crippen MR) is 111 cm³/mol. The predicted octanol–water partition coefficient (Wildman–Crippen LogP) is 5.25. The second-order valence-corrected chi connectivity index (χ2v) is 6.65. The van der Waals surface area contributed by atoms with E-state index in [-0.39, 0.29) is 13.2 Å². The van der Waals surface area contributed by atoms with Crippen LogP contribution in [0.4, 0.5) is 10.5 Å². The molecule has 1 amide bonds. The van der Waals surface area contributed by atoms with Gasteiger partial charge >= 0.3 is 12.1 Å². The molecule has 4 aromatic rings. The number of rotatable bonds is 5. The Morgan fingerprint density at radius 2 is 1.46 bits per heavy atom. The Morgan fingerprint density at radius 3 is 2.18 bits per heavy atom. The number of carbonyl (C=O) groups is 2. The Kier molecular flexibility index (Phi) is 4.57. The van der Waals surface area contributed by atoms with Gasteiger partial charge in [0.15, 0.2) is 0 Å². The first-order valence-corrected chi connectivity index (χ1v) is 8.97. The maximum atomic E-state index is 12.2. The number of hydrogen-bond donors (Lipinski definition) is 1. The van der Waals surface area contributed by atoms with Gasteiger partial charge in [-0.1, -0.05) is 55.1 Å². The zero-order valence-electron chi connectivity index (χ0n) is 15.5. The van der Waals surface area contributed by atoms with Crippen molar-refractivity contribution in [1.29, 1.82) is 0 Å². The molecule has 1 N–H and O–H groups in total. The molecule has 0 unspecified atom stereocenters. The normalized spacial score (nSPS) is 11.0. The number of hydrogen-bond acceptors (Lipinski definition) is 4. The first-order valence-electron chi connectivity index (χ1n) is 8.97. The van der Waals surface area contributed by atoms with E-state index >= 15 is 0 Å². The van der Waals surface area contributed by atoms with Crippen LogP contribution >= 0.6 is 0 Å². The summed E-state index contributed by atoms with van der Waals surface area (Å²) in [5.41, 5.74) is 0.979. The van der Waals surface area contributed by atoms with Crippen LogP contribution in [0.1, 0.15) is 6.92 Å². The monoisotopic (exact) mass is 373 g/mol. The van der Waals surface area contributed by atoms with Crippen LogP contribution < -0.4 is 5.32 Å². The van der Waals surface area contributed by atoms with Crippen molar-refractivity contribution in [3.8, 4) is 0 Å². The third-order valence-corrected chi connectivity index (χ3v) is 4.66. The Labute approximate surface area is 161 Å². The first kappa shape index (κ1) is 17.8. The fourth-order valence-corrected chi connectivity index (χ4v) is 3.38. The van der Waals surface area contributed by atoms with E-state index in [1.165, 1.54) is 5.39 Å².